The molecular formula is C13H18N2O4. The van der Waals surface area contributed by atoms with E-state index in [2.05, 4.69) is 5.32 Å². The second kappa shape index (κ2) is 6.84. The number of nitrogens with zero attached hydrogens (tertiary/aromatic N) is 1. The van der Waals surface area contributed by atoms with E-state index in [1.807, 2.05) is 6.92 Å². The van der Waals surface area contributed by atoms with Crippen molar-refractivity contribution in [2.45, 2.75) is 39.3 Å². The summed E-state index contributed by atoms with van der Waals surface area (Å²) < 4.78 is 0. The van der Waals surface area contributed by atoms with Gasteiger partial charge in [-0.3, -0.25) is 14.9 Å². The number of nitro benzene ring substituents is 1. The number of rotatable bonds is 7. The smallest absolute Gasteiger partial charge is 0.320 e. The second-order valence-corrected chi connectivity index (χ2v) is 4.43. The van der Waals surface area contributed by atoms with E-state index in [0.717, 1.165) is 17.5 Å². The molecule has 104 valence electrons. The van der Waals surface area contributed by atoms with E-state index in [4.69, 9.17) is 5.11 Å². The highest BCUT2D eigenvalue weighted by Gasteiger charge is 2.16. The van der Waals surface area contributed by atoms with E-state index >= 15 is 0 Å². The van der Waals surface area contributed by atoms with Crippen LogP contribution in [0.2, 0.25) is 0 Å². The Hall–Kier alpha value is -1.95. The topological polar surface area (TPSA) is 92.5 Å². The van der Waals surface area contributed by atoms with Crippen LogP contribution >= 0.6 is 0 Å². The average molecular weight is 266 g/mol. The summed E-state index contributed by atoms with van der Waals surface area (Å²) in [6, 6.07) is 4.00. The highest BCUT2D eigenvalue weighted by molar-refractivity contribution is 5.73. The van der Waals surface area contributed by atoms with E-state index < -0.39 is 16.9 Å². The number of hydrogen-bond donors (Lipinski definition) is 2. The summed E-state index contributed by atoms with van der Waals surface area (Å²) in [4.78, 5) is 21.2. The predicted molar refractivity (Wildman–Crippen MR) is 71.0 cm³/mol. The molecule has 0 saturated heterocycles. The molecular weight excluding hydrogens is 248 g/mol. The number of hydrogen-bond acceptors (Lipinski definition) is 4. The lowest BCUT2D eigenvalue weighted by Gasteiger charge is -2.14. The maximum atomic E-state index is 11.0. The number of nitro groups is 1. The Bertz CT molecular complexity index is 474. The molecule has 0 aliphatic rings. The van der Waals surface area contributed by atoms with Gasteiger partial charge in [0.2, 0.25) is 0 Å². The summed E-state index contributed by atoms with van der Waals surface area (Å²) in [5.74, 6) is -0.874. The van der Waals surface area contributed by atoms with E-state index in [1.165, 1.54) is 12.1 Å². The summed E-state index contributed by atoms with van der Waals surface area (Å²) in [6.07, 6.45) is 1.34. The Morgan fingerprint density at radius 3 is 2.68 bits per heavy atom. The Balaban J connectivity index is 2.72. The van der Waals surface area contributed by atoms with Gasteiger partial charge < -0.3 is 10.4 Å². The van der Waals surface area contributed by atoms with Crippen molar-refractivity contribution >= 4 is 11.7 Å². The predicted octanol–water partition coefficient (Wildman–Crippen LogP) is 2.25. The molecule has 0 heterocycles. The minimum atomic E-state index is -0.874. The molecule has 2 N–H and O–H groups in total. The van der Waals surface area contributed by atoms with Crippen molar-refractivity contribution in [1.29, 1.82) is 0 Å². The van der Waals surface area contributed by atoms with E-state index in [1.54, 1.807) is 13.0 Å². The third-order valence-electron chi connectivity index (χ3n) is 2.95. The molecule has 0 aliphatic carbocycles. The van der Waals surface area contributed by atoms with Crippen LogP contribution in [0, 0.1) is 17.0 Å². The van der Waals surface area contributed by atoms with E-state index in [0.29, 0.717) is 13.0 Å². The first-order chi connectivity index (χ1) is 8.95. The van der Waals surface area contributed by atoms with Crippen LogP contribution in [0.25, 0.3) is 0 Å². The molecule has 1 unspecified atom stereocenters. The lowest BCUT2D eigenvalue weighted by Crippen LogP contribution is -2.36. The molecule has 0 radical (unpaired) electrons. The lowest BCUT2D eigenvalue weighted by molar-refractivity contribution is -0.384. The van der Waals surface area contributed by atoms with Crippen molar-refractivity contribution in [3.63, 3.8) is 0 Å². The van der Waals surface area contributed by atoms with Crippen LogP contribution in [0.5, 0.6) is 0 Å². The summed E-state index contributed by atoms with van der Waals surface area (Å²) in [5.41, 5.74) is 1.69. The average Bonchev–Trinajstić information content (AvgIpc) is 2.35. The number of non-ortho nitro benzene ring substituents is 1. The van der Waals surface area contributed by atoms with Gasteiger partial charge in [0.05, 0.1) is 4.92 Å². The molecule has 1 rings (SSSR count). The quantitative estimate of drug-likeness (QED) is 0.583. The van der Waals surface area contributed by atoms with Gasteiger partial charge >= 0.3 is 5.97 Å². The number of benzene rings is 1. The van der Waals surface area contributed by atoms with Gasteiger partial charge in [-0.25, -0.2) is 0 Å². The Kier molecular flexibility index (Phi) is 5.44. The highest BCUT2D eigenvalue weighted by atomic mass is 16.6. The van der Waals surface area contributed by atoms with Crippen LogP contribution in [0.4, 0.5) is 5.69 Å². The molecule has 0 bridgehead atoms. The van der Waals surface area contributed by atoms with Gasteiger partial charge in [-0.2, -0.15) is 0 Å². The van der Waals surface area contributed by atoms with Crippen molar-refractivity contribution in [2.75, 3.05) is 0 Å². The fourth-order valence-corrected chi connectivity index (χ4v) is 1.83. The van der Waals surface area contributed by atoms with Gasteiger partial charge in [0.15, 0.2) is 0 Å². The van der Waals surface area contributed by atoms with Crippen LogP contribution < -0.4 is 5.32 Å². The van der Waals surface area contributed by atoms with Crippen LogP contribution in [0.1, 0.15) is 30.9 Å². The zero-order valence-corrected chi connectivity index (χ0v) is 11.0. The molecule has 1 aromatic rings. The monoisotopic (exact) mass is 266 g/mol. The maximum Gasteiger partial charge on any atom is 0.320 e. The van der Waals surface area contributed by atoms with Crippen molar-refractivity contribution < 1.29 is 14.8 Å². The first-order valence-corrected chi connectivity index (χ1v) is 6.15. The Morgan fingerprint density at radius 1 is 1.53 bits per heavy atom. The fraction of sp³-hybridized carbons (Fsp3) is 0.462. The van der Waals surface area contributed by atoms with Crippen LogP contribution in [-0.2, 0) is 11.3 Å². The number of nitrogens with one attached hydrogen (secondary N) is 1. The largest absolute Gasteiger partial charge is 0.480 e. The van der Waals surface area contributed by atoms with E-state index in [9.17, 15) is 14.9 Å². The molecule has 0 fully saturated rings. The fourth-order valence-electron chi connectivity index (χ4n) is 1.83. The van der Waals surface area contributed by atoms with Crippen LogP contribution in [-0.4, -0.2) is 22.0 Å². The maximum absolute atomic E-state index is 11.0. The first kappa shape index (κ1) is 15.1. The number of carbonyl (C=O) groups is 1. The Labute approximate surface area is 111 Å². The molecule has 0 spiro atoms. The van der Waals surface area contributed by atoms with Gasteiger partial charge in [0.25, 0.3) is 5.69 Å². The van der Waals surface area contributed by atoms with Gasteiger partial charge in [-0.1, -0.05) is 19.4 Å². The molecule has 1 aromatic carbocycles. The normalized spacial score (nSPS) is 12.1. The van der Waals surface area contributed by atoms with Gasteiger partial charge in [-0.05, 0) is 24.5 Å². The summed E-state index contributed by atoms with van der Waals surface area (Å²) in [5, 5.41) is 22.6. The van der Waals surface area contributed by atoms with Gasteiger partial charge in [-0.15, -0.1) is 0 Å². The third kappa shape index (κ3) is 4.33. The minimum absolute atomic E-state index is 0.0459. The molecule has 6 heteroatoms. The summed E-state index contributed by atoms with van der Waals surface area (Å²) in [6.45, 7) is 4.09. The van der Waals surface area contributed by atoms with Crippen molar-refractivity contribution in [1.82, 2.24) is 5.32 Å². The molecule has 0 aromatic heterocycles. The van der Waals surface area contributed by atoms with Crippen LogP contribution in [0.3, 0.4) is 0 Å². The Morgan fingerprint density at radius 2 is 2.21 bits per heavy atom. The number of aryl methyl sites for hydroxylation is 1. The number of carboxylic acid groups (broad SMARTS) is 1. The summed E-state index contributed by atoms with van der Waals surface area (Å²) in [7, 11) is 0. The highest BCUT2D eigenvalue weighted by Crippen LogP contribution is 2.17. The van der Waals surface area contributed by atoms with Gasteiger partial charge in [0, 0.05) is 18.7 Å². The van der Waals surface area contributed by atoms with Crippen molar-refractivity contribution in [3.8, 4) is 0 Å². The number of carboxylic acids is 1. The zero-order chi connectivity index (χ0) is 14.4. The van der Waals surface area contributed by atoms with Crippen LogP contribution in [0.15, 0.2) is 18.2 Å². The minimum Gasteiger partial charge on any atom is -0.480 e. The number of aliphatic carboxylic acids is 1. The third-order valence-corrected chi connectivity index (χ3v) is 2.95. The van der Waals surface area contributed by atoms with Crippen molar-refractivity contribution in [2.24, 2.45) is 0 Å². The molecule has 0 aliphatic heterocycles. The molecule has 0 saturated carbocycles. The molecule has 1 atom stereocenters. The SMILES string of the molecule is CCCC(NCc1ccc([N+](=O)[O-])cc1C)C(=O)O. The standard InChI is InChI=1S/C13H18N2O4/c1-3-4-12(13(16)17)14-8-10-5-6-11(15(18)19)7-9(10)2/h5-7,12,14H,3-4,8H2,1-2H3,(H,16,17). The van der Waals surface area contributed by atoms with Crippen molar-refractivity contribution in [3.05, 3.63) is 39.4 Å². The lowest BCUT2D eigenvalue weighted by atomic mass is 10.1. The molecule has 0 amide bonds. The molecule has 19 heavy (non-hydrogen) atoms. The van der Waals surface area contributed by atoms with Gasteiger partial charge in [0.1, 0.15) is 6.04 Å². The van der Waals surface area contributed by atoms with E-state index in [-0.39, 0.29) is 5.69 Å². The first-order valence-electron chi connectivity index (χ1n) is 6.15. The zero-order valence-electron chi connectivity index (χ0n) is 11.0. The molecule has 6 nitrogen and oxygen atoms in total. The second-order valence-electron chi connectivity index (χ2n) is 4.43. The summed E-state index contributed by atoms with van der Waals surface area (Å²) >= 11 is 0.